The lowest BCUT2D eigenvalue weighted by Crippen LogP contribution is -2.25. The highest BCUT2D eigenvalue weighted by Gasteiger charge is 2.05. The summed E-state index contributed by atoms with van der Waals surface area (Å²) in [5.74, 6) is 1.02. The third-order valence-electron chi connectivity index (χ3n) is 3.49. The minimum absolute atomic E-state index is 0.171. The number of thioether (sulfide) groups is 1. The van der Waals surface area contributed by atoms with Gasteiger partial charge in [-0.2, -0.15) is 0 Å². The molecule has 1 aliphatic rings. The van der Waals surface area contributed by atoms with Gasteiger partial charge in [-0.15, -0.1) is 11.8 Å². The molecule has 0 heterocycles. The quantitative estimate of drug-likeness (QED) is 0.603. The van der Waals surface area contributed by atoms with Gasteiger partial charge in [-0.25, -0.2) is 0 Å². The zero-order chi connectivity index (χ0) is 14.0. The Kier molecular flexibility index (Phi) is 6.72. The Hall–Kier alpha value is -1.22. The summed E-state index contributed by atoms with van der Waals surface area (Å²) in [5, 5.41) is 3.02. The van der Waals surface area contributed by atoms with Crippen molar-refractivity contribution in [2.75, 3.05) is 12.3 Å². The summed E-state index contributed by atoms with van der Waals surface area (Å²) >= 11 is 1.74. The van der Waals surface area contributed by atoms with E-state index in [-0.39, 0.29) is 5.91 Å². The van der Waals surface area contributed by atoms with Gasteiger partial charge >= 0.3 is 0 Å². The van der Waals surface area contributed by atoms with Crippen LogP contribution in [0.1, 0.15) is 38.5 Å². The SMILES string of the molecule is O=C(CCSc1ccccc1)NCCC1=CCCCC1. The van der Waals surface area contributed by atoms with E-state index in [1.54, 1.807) is 11.8 Å². The Morgan fingerprint density at radius 3 is 2.80 bits per heavy atom. The molecule has 3 heteroatoms. The van der Waals surface area contributed by atoms with Gasteiger partial charge in [0, 0.05) is 23.6 Å². The van der Waals surface area contributed by atoms with E-state index in [1.807, 2.05) is 18.2 Å². The molecule has 20 heavy (non-hydrogen) atoms. The van der Waals surface area contributed by atoms with Gasteiger partial charge in [0.15, 0.2) is 0 Å². The second-order valence-corrected chi connectivity index (χ2v) is 6.29. The first-order valence-electron chi connectivity index (χ1n) is 7.47. The molecule has 0 aromatic heterocycles. The van der Waals surface area contributed by atoms with Crippen molar-refractivity contribution in [3.8, 4) is 0 Å². The topological polar surface area (TPSA) is 29.1 Å². The molecular weight excluding hydrogens is 266 g/mol. The van der Waals surface area contributed by atoms with Crippen LogP contribution in [0.3, 0.4) is 0 Å². The Labute approximate surface area is 126 Å². The maximum atomic E-state index is 11.7. The smallest absolute Gasteiger partial charge is 0.220 e. The number of allylic oxidation sites excluding steroid dienone is 1. The van der Waals surface area contributed by atoms with E-state index in [0.29, 0.717) is 6.42 Å². The average Bonchev–Trinajstić information content (AvgIpc) is 2.49. The molecule has 0 radical (unpaired) electrons. The van der Waals surface area contributed by atoms with E-state index in [4.69, 9.17) is 0 Å². The largest absolute Gasteiger partial charge is 0.356 e. The van der Waals surface area contributed by atoms with Crippen LogP contribution in [0.25, 0.3) is 0 Å². The molecule has 1 aromatic rings. The maximum absolute atomic E-state index is 11.7. The molecule has 1 aliphatic carbocycles. The van der Waals surface area contributed by atoms with E-state index < -0.39 is 0 Å². The molecule has 0 fully saturated rings. The van der Waals surface area contributed by atoms with Crippen LogP contribution in [-0.4, -0.2) is 18.2 Å². The standard InChI is InChI=1S/C17H23NOS/c19-17(12-14-20-16-9-5-2-6-10-16)18-13-11-15-7-3-1-4-8-15/h2,5-7,9-10H,1,3-4,8,11-14H2,(H,18,19). The molecule has 0 aliphatic heterocycles. The zero-order valence-corrected chi connectivity index (χ0v) is 12.8. The molecule has 0 bridgehead atoms. The predicted octanol–water partition coefficient (Wildman–Crippen LogP) is 4.18. The van der Waals surface area contributed by atoms with Crippen molar-refractivity contribution in [2.45, 2.75) is 43.4 Å². The van der Waals surface area contributed by atoms with Gasteiger partial charge in [0.25, 0.3) is 0 Å². The first-order chi connectivity index (χ1) is 9.84. The molecule has 108 valence electrons. The fourth-order valence-electron chi connectivity index (χ4n) is 2.36. The van der Waals surface area contributed by atoms with Crippen molar-refractivity contribution in [3.05, 3.63) is 42.0 Å². The summed E-state index contributed by atoms with van der Waals surface area (Å²) < 4.78 is 0. The lowest BCUT2D eigenvalue weighted by molar-refractivity contribution is -0.120. The maximum Gasteiger partial charge on any atom is 0.220 e. The number of carbonyl (C=O) groups excluding carboxylic acids is 1. The van der Waals surface area contributed by atoms with Crippen LogP contribution in [0.2, 0.25) is 0 Å². The van der Waals surface area contributed by atoms with Gasteiger partial charge in [-0.05, 0) is 44.2 Å². The van der Waals surface area contributed by atoms with E-state index in [2.05, 4.69) is 23.5 Å². The predicted molar refractivity (Wildman–Crippen MR) is 86.0 cm³/mol. The van der Waals surface area contributed by atoms with Crippen LogP contribution in [-0.2, 0) is 4.79 Å². The molecule has 1 aromatic carbocycles. The number of hydrogen-bond donors (Lipinski definition) is 1. The summed E-state index contributed by atoms with van der Waals surface area (Å²) in [7, 11) is 0. The molecule has 0 spiro atoms. The molecule has 2 rings (SSSR count). The van der Waals surface area contributed by atoms with Crippen LogP contribution < -0.4 is 5.32 Å². The van der Waals surface area contributed by atoms with E-state index in [1.165, 1.54) is 36.2 Å². The molecule has 0 saturated carbocycles. The number of amides is 1. The Morgan fingerprint density at radius 1 is 1.20 bits per heavy atom. The minimum Gasteiger partial charge on any atom is -0.356 e. The minimum atomic E-state index is 0.171. The second-order valence-electron chi connectivity index (χ2n) is 5.12. The number of rotatable bonds is 7. The monoisotopic (exact) mass is 289 g/mol. The van der Waals surface area contributed by atoms with Gasteiger partial charge in [0.2, 0.25) is 5.91 Å². The average molecular weight is 289 g/mol. The van der Waals surface area contributed by atoms with Crippen LogP contribution in [0.5, 0.6) is 0 Å². The highest BCUT2D eigenvalue weighted by atomic mass is 32.2. The first-order valence-corrected chi connectivity index (χ1v) is 8.45. The molecule has 2 nitrogen and oxygen atoms in total. The van der Waals surface area contributed by atoms with Crippen molar-refractivity contribution in [2.24, 2.45) is 0 Å². The summed E-state index contributed by atoms with van der Waals surface area (Å²) in [6.07, 6.45) is 9.05. The van der Waals surface area contributed by atoms with Crippen molar-refractivity contribution in [1.29, 1.82) is 0 Å². The second kappa shape index (κ2) is 8.85. The van der Waals surface area contributed by atoms with Gasteiger partial charge < -0.3 is 5.32 Å². The number of hydrogen-bond acceptors (Lipinski definition) is 2. The lowest BCUT2D eigenvalue weighted by atomic mass is 9.97. The number of carbonyl (C=O) groups is 1. The van der Waals surface area contributed by atoms with Gasteiger partial charge in [0.1, 0.15) is 0 Å². The summed E-state index contributed by atoms with van der Waals surface area (Å²) in [4.78, 5) is 13.0. The van der Waals surface area contributed by atoms with Crippen LogP contribution in [0, 0.1) is 0 Å². The first kappa shape index (κ1) is 15.2. The fraction of sp³-hybridized carbons (Fsp3) is 0.471. The van der Waals surface area contributed by atoms with Crippen molar-refractivity contribution in [3.63, 3.8) is 0 Å². The van der Waals surface area contributed by atoms with Gasteiger partial charge in [0.05, 0.1) is 0 Å². The van der Waals surface area contributed by atoms with Gasteiger partial charge in [-0.3, -0.25) is 4.79 Å². The molecule has 0 unspecified atom stereocenters. The van der Waals surface area contributed by atoms with E-state index in [9.17, 15) is 4.79 Å². The summed E-state index contributed by atoms with van der Waals surface area (Å²) in [5.41, 5.74) is 1.52. The summed E-state index contributed by atoms with van der Waals surface area (Å²) in [6, 6.07) is 10.2. The van der Waals surface area contributed by atoms with Crippen molar-refractivity contribution < 1.29 is 4.79 Å². The Bertz CT molecular complexity index is 442. The third kappa shape index (κ3) is 5.83. The normalized spacial score (nSPS) is 14.7. The molecular formula is C17H23NOS. The lowest BCUT2D eigenvalue weighted by Gasteiger charge is -2.12. The summed E-state index contributed by atoms with van der Waals surface area (Å²) in [6.45, 7) is 0.792. The van der Waals surface area contributed by atoms with Crippen LogP contribution >= 0.6 is 11.8 Å². The number of nitrogens with one attached hydrogen (secondary N) is 1. The molecule has 1 N–H and O–H groups in total. The number of benzene rings is 1. The highest BCUT2D eigenvalue weighted by molar-refractivity contribution is 7.99. The van der Waals surface area contributed by atoms with Crippen molar-refractivity contribution >= 4 is 17.7 Å². The van der Waals surface area contributed by atoms with Gasteiger partial charge in [-0.1, -0.05) is 29.8 Å². The molecule has 0 atom stereocenters. The molecule has 1 amide bonds. The molecule has 0 saturated heterocycles. The Balaban J connectivity index is 1.55. The van der Waals surface area contributed by atoms with E-state index in [0.717, 1.165) is 18.7 Å². The zero-order valence-electron chi connectivity index (χ0n) is 11.9. The highest BCUT2D eigenvalue weighted by Crippen LogP contribution is 2.19. The Morgan fingerprint density at radius 2 is 2.05 bits per heavy atom. The third-order valence-corrected chi connectivity index (χ3v) is 4.51. The van der Waals surface area contributed by atoms with Crippen molar-refractivity contribution in [1.82, 2.24) is 5.32 Å². The van der Waals surface area contributed by atoms with Crippen LogP contribution in [0.15, 0.2) is 46.9 Å². The fourth-order valence-corrected chi connectivity index (χ4v) is 3.23. The van der Waals surface area contributed by atoms with Crippen LogP contribution in [0.4, 0.5) is 0 Å². The van der Waals surface area contributed by atoms with E-state index >= 15 is 0 Å².